The van der Waals surface area contributed by atoms with Crippen molar-refractivity contribution in [3.8, 4) is 0 Å². The fraction of sp³-hybridized carbons (Fsp3) is 0.840. The molecule has 0 aromatic heterocycles. The van der Waals surface area contributed by atoms with Crippen LogP contribution in [0.1, 0.15) is 59.8 Å². The number of hydrogen-bond donors (Lipinski definition) is 1. The maximum absolute atomic E-state index is 15.6. The molecule has 196 valence electrons. The molecule has 1 N–H and O–H groups in total. The molecule has 1 aliphatic heterocycles. The van der Waals surface area contributed by atoms with Crippen molar-refractivity contribution in [1.29, 1.82) is 0 Å². The minimum atomic E-state index is -3.87. The highest BCUT2D eigenvalue weighted by atomic mass is 32.2. The molecule has 0 spiro atoms. The van der Waals surface area contributed by atoms with E-state index in [1.54, 1.807) is 13.8 Å². The van der Waals surface area contributed by atoms with Crippen LogP contribution in [-0.2, 0) is 33.4 Å². The molecule has 10 heteroatoms. The van der Waals surface area contributed by atoms with Crippen LogP contribution in [0.25, 0.3) is 0 Å². The Hall–Kier alpha value is -1.20. The summed E-state index contributed by atoms with van der Waals surface area (Å²) in [6.07, 6.45) is 1.07. The van der Waals surface area contributed by atoms with Gasteiger partial charge in [0.1, 0.15) is 12.8 Å². The van der Waals surface area contributed by atoms with Crippen LogP contribution in [-0.4, -0.2) is 67.7 Å². The number of Topliss-reactive ketones (excluding diaryl/α,β-unsaturated/α-hetero) is 1. The largest absolute Gasteiger partial charge is 0.393 e. The molecule has 0 aromatic carbocycles. The lowest BCUT2D eigenvalue weighted by atomic mass is 9.45. The van der Waals surface area contributed by atoms with Gasteiger partial charge in [-0.1, -0.05) is 13.8 Å². The van der Waals surface area contributed by atoms with Crippen molar-refractivity contribution < 1.29 is 41.2 Å². The van der Waals surface area contributed by atoms with Crippen LogP contribution in [0, 0.1) is 28.6 Å². The Morgan fingerprint density at radius 2 is 1.94 bits per heavy atom. The number of fused-ring (bicyclic) bond motifs is 7. The van der Waals surface area contributed by atoms with Gasteiger partial charge in [-0.3, -0.25) is 13.8 Å². The summed E-state index contributed by atoms with van der Waals surface area (Å²) in [7, 11) is -3.87. The highest BCUT2D eigenvalue weighted by Gasteiger charge is 2.77. The Morgan fingerprint density at radius 1 is 1.26 bits per heavy atom. The zero-order valence-corrected chi connectivity index (χ0v) is 21.7. The number of rotatable bonds is 4. The molecule has 0 aromatic rings. The number of carbonyl (C=O) groups excluding carboxylic acids is 2. The van der Waals surface area contributed by atoms with Gasteiger partial charge in [-0.2, -0.15) is 8.42 Å². The number of aliphatic hydroxyl groups excluding tert-OH is 1. The number of ketones is 2. The van der Waals surface area contributed by atoms with Gasteiger partial charge in [-0.05, 0) is 74.3 Å². The molecule has 0 unspecified atom stereocenters. The van der Waals surface area contributed by atoms with Gasteiger partial charge in [0.15, 0.2) is 23.0 Å². The highest BCUT2D eigenvalue weighted by Crippen LogP contribution is 2.70. The zero-order valence-electron chi connectivity index (χ0n) is 20.9. The van der Waals surface area contributed by atoms with Gasteiger partial charge < -0.3 is 14.6 Å². The summed E-state index contributed by atoms with van der Waals surface area (Å²) in [5, 5.41) is 11.6. The lowest BCUT2D eigenvalue weighted by Crippen LogP contribution is -2.65. The summed E-state index contributed by atoms with van der Waals surface area (Å²) in [6, 6.07) is 0. The minimum Gasteiger partial charge on any atom is -0.393 e. The lowest BCUT2D eigenvalue weighted by molar-refractivity contribution is -0.228. The number of alkyl halides is 1. The van der Waals surface area contributed by atoms with E-state index in [0.717, 1.165) is 6.26 Å². The van der Waals surface area contributed by atoms with Crippen molar-refractivity contribution in [2.45, 2.75) is 89.6 Å². The lowest BCUT2D eigenvalue weighted by Gasteiger charge is -2.61. The molecule has 3 saturated carbocycles. The van der Waals surface area contributed by atoms with Crippen LogP contribution in [0.5, 0.6) is 0 Å². The summed E-state index contributed by atoms with van der Waals surface area (Å²) in [4.78, 5) is 25.8. The average molecular weight is 515 g/mol. The molecular formula is C25H35FO8S. The van der Waals surface area contributed by atoms with E-state index in [-0.39, 0.29) is 36.4 Å². The molecule has 0 bridgehead atoms. The first-order valence-electron chi connectivity index (χ1n) is 12.4. The third kappa shape index (κ3) is 3.54. The molecule has 4 aliphatic carbocycles. The molecule has 35 heavy (non-hydrogen) atoms. The number of ether oxygens (including phenoxy) is 2. The summed E-state index contributed by atoms with van der Waals surface area (Å²) < 4.78 is 56.3. The average Bonchev–Trinajstić information content (AvgIpc) is 3.13. The van der Waals surface area contributed by atoms with Crippen LogP contribution in [0.4, 0.5) is 4.39 Å². The summed E-state index contributed by atoms with van der Waals surface area (Å²) in [6.45, 7) is 6.54. The number of hydrogen-bond acceptors (Lipinski definition) is 8. The molecule has 4 fully saturated rings. The maximum atomic E-state index is 15.6. The molecule has 1 heterocycles. The molecule has 0 amide bonds. The van der Waals surface area contributed by atoms with E-state index < -0.39 is 63.1 Å². The quantitative estimate of drug-likeness (QED) is 0.569. The Bertz CT molecular complexity index is 1100. The molecule has 0 radical (unpaired) electrons. The Morgan fingerprint density at radius 3 is 2.60 bits per heavy atom. The van der Waals surface area contributed by atoms with E-state index in [0.29, 0.717) is 24.8 Å². The van der Waals surface area contributed by atoms with Crippen molar-refractivity contribution in [2.24, 2.45) is 28.6 Å². The van der Waals surface area contributed by atoms with Gasteiger partial charge >= 0.3 is 0 Å². The molecular weight excluding hydrogens is 479 g/mol. The second-order valence-corrected chi connectivity index (χ2v) is 13.8. The summed E-state index contributed by atoms with van der Waals surface area (Å²) in [5.74, 6) is -2.44. The van der Waals surface area contributed by atoms with Crippen LogP contribution in [0.2, 0.25) is 0 Å². The highest BCUT2D eigenvalue weighted by molar-refractivity contribution is 7.86. The Kier molecular flexibility index (Phi) is 5.57. The second kappa shape index (κ2) is 7.66. The monoisotopic (exact) mass is 514 g/mol. The topological polar surface area (TPSA) is 116 Å². The van der Waals surface area contributed by atoms with E-state index in [1.165, 1.54) is 6.08 Å². The first-order valence-corrected chi connectivity index (χ1v) is 14.2. The van der Waals surface area contributed by atoms with Crippen molar-refractivity contribution >= 4 is 21.7 Å². The fourth-order valence-electron chi connectivity index (χ4n) is 8.56. The third-order valence-electron chi connectivity index (χ3n) is 9.68. The van der Waals surface area contributed by atoms with E-state index in [9.17, 15) is 23.1 Å². The van der Waals surface area contributed by atoms with Gasteiger partial charge in [0.25, 0.3) is 10.1 Å². The van der Waals surface area contributed by atoms with Gasteiger partial charge in [0, 0.05) is 11.8 Å². The first-order chi connectivity index (χ1) is 16.0. The standard InChI is InChI=1S/C25H35FO8S/c1-22(2)33-20-10-15-14-9-17(26)16-8-13(27)6-7-23(16,3)21(14)18(28)11-24(15,4)25(20,34-22)19(29)12-32-35(5,30)31/h8,14-15,17-18,20-21,28H,6-7,9-12H2,1-5H3/t14-,15-,17-,18-,20+,21+,23-,24-,25+/m0/s1. The summed E-state index contributed by atoms with van der Waals surface area (Å²) >= 11 is 0. The van der Waals surface area contributed by atoms with Crippen molar-refractivity contribution in [2.75, 3.05) is 12.9 Å². The second-order valence-electron chi connectivity index (χ2n) is 12.1. The van der Waals surface area contributed by atoms with E-state index in [2.05, 4.69) is 0 Å². The Balaban J connectivity index is 1.57. The molecule has 9 atom stereocenters. The number of carbonyl (C=O) groups is 2. The maximum Gasteiger partial charge on any atom is 0.264 e. The van der Waals surface area contributed by atoms with E-state index >= 15 is 4.39 Å². The smallest absolute Gasteiger partial charge is 0.264 e. The SMILES string of the molecule is CC1(C)O[C@@H]2C[C@H]3[C@@H]4C[C@H](F)C5=CC(=O)CC[C@]5(C)[C@H]4[C@@H](O)C[C@]3(C)[C@]2(C(=O)COS(C)(=O)=O)O1. The number of aliphatic hydroxyl groups is 1. The molecule has 8 nitrogen and oxygen atoms in total. The van der Waals surface area contributed by atoms with Gasteiger partial charge in [0.05, 0.1) is 18.5 Å². The summed E-state index contributed by atoms with van der Waals surface area (Å²) in [5.41, 5.74) is -2.61. The van der Waals surface area contributed by atoms with Gasteiger partial charge in [0.2, 0.25) is 0 Å². The van der Waals surface area contributed by atoms with Crippen molar-refractivity contribution in [3.63, 3.8) is 0 Å². The first kappa shape index (κ1) is 25.4. The predicted molar refractivity (Wildman–Crippen MR) is 122 cm³/mol. The number of allylic oxidation sites excluding steroid dienone is 1. The minimum absolute atomic E-state index is 0.0800. The van der Waals surface area contributed by atoms with Crippen LogP contribution < -0.4 is 0 Å². The third-order valence-corrected chi connectivity index (χ3v) is 10.2. The van der Waals surface area contributed by atoms with Crippen molar-refractivity contribution in [3.05, 3.63) is 11.6 Å². The molecule has 5 rings (SSSR count). The van der Waals surface area contributed by atoms with Gasteiger partial charge in [-0.25, -0.2) is 4.39 Å². The van der Waals surface area contributed by atoms with Crippen LogP contribution in [0.15, 0.2) is 11.6 Å². The predicted octanol–water partition coefficient (Wildman–Crippen LogP) is 2.48. The molecule has 5 aliphatic rings. The number of halogens is 1. The normalized spacial score (nSPS) is 48.4. The van der Waals surface area contributed by atoms with E-state index in [4.69, 9.17) is 13.7 Å². The Labute approximate surface area is 205 Å². The van der Waals surface area contributed by atoms with Gasteiger partial charge in [-0.15, -0.1) is 0 Å². The van der Waals surface area contributed by atoms with Crippen LogP contribution in [0.3, 0.4) is 0 Å². The fourth-order valence-corrected chi connectivity index (χ4v) is 8.88. The van der Waals surface area contributed by atoms with Crippen LogP contribution >= 0.6 is 0 Å². The molecule has 1 saturated heterocycles. The van der Waals surface area contributed by atoms with Crippen molar-refractivity contribution in [1.82, 2.24) is 0 Å². The zero-order chi connectivity index (χ0) is 25.8. The van der Waals surface area contributed by atoms with E-state index in [1.807, 2.05) is 13.8 Å².